The minimum atomic E-state index is -4.80. The molecule has 0 radical (unpaired) electrons. The van der Waals surface area contributed by atoms with Crippen molar-refractivity contribution in [1.29, 1.82) is 0 Å². The SMILES string of the molecule is CO[C@@H]1CN(C[B-](F)(F)F)C[C@H]1O. The van der Waals surface area contributed by atoms with Crippen LogP contribution in [0.3, 0.4) is 0 Å². The molecule has 0 aromatic rings. The van der Waals surface area contributed by atoms with Crippen molar-refractivity contribution in [3.8, 4) is 0 Å². The fourth-order valence-electron chi connectivity index (χ4n) is 1.51. The standard InChI is InChI=1S/C6H12BF3NO2/c1-13-6-3-11(2-5(6)12)4-7(8,9)10/h5-6,12H,2-4H2,1H3/q-1/t5-,6-/m1/s1. The van der Waals surface area contributed by atoms with E-state index in [-0.39, 0.29) is 13.1 Å². The summed E-state index contributed by atoms with van der Waals surface area (Å²) in [4.78, 5) is 1.17. The predicted octanol–water partition coefficient (Wildman–Crippen LogP) is 0.0645. The van der Waals surface area contributed by atoms with Gasteiger partial charge in [0.15, 0.2) is 0 Å². The Balaban J connectivity index is 2.40. The van der Waals surface area contributed by atoms with Crippen LogP contribution in [0.4, 0.5) is 12.9 Å². The van der Waals surface area contributed by atoms with Crippen LogP contribution in [-0.2, 0) is 4.74 Å². The predicted molar refractivity (Wildman–Crippen MR) is 42.3 cm³/mol. The summed E-state index contributed by atoms with van der Waals surface area (Å²) in [7, 11) is 1.39. The molecule has 0 saturated carbocycles. The van der Waals surface area contributed by atoms with Gasteiger partial charge in [-0.2, -0.15) is 0 Å². The average Bonchev–Trinajstić information content (AvgIpc) is 2.26. The first kappa shape index (κ1) is 10.8. The number of likely N-dealkylation sites (tertiary alicyclic amines) is 1. The van der Waals surface area contributed by atoms with Crippen molar-refractivity contribution >= 4 is 6.98 Å². The maximum absolute atomic E-state index is 12.0. The van der Waals surface area contributed by atoms with Crippen LogP contribution in [0.1, 0.15) is 0 Å². The van der Waals surface area contributed by atoms with Crippen molar-refractivity contribution in [1.82, 2.24) is 4.90 Å². The van der Waals surface area contributed by atoms with Crippen molar-refractivity contribution in [3.63, 3.8) is 0 Å². The molecule has 0 aromatic heterocycles. The normalized spacial score (nSPS) is 31.2. The van der Waals surface area contributed by atoms with Gasteiger partial charge in [0.25, 0.3) is 0 Å². The first-order valence-corrected chi connectivity index (χ1v) is 4.06. The number of β-amino-alcohol motifs (C(OH)–C–C–N with tert-alkyl or cyclic N) is 1. The highest BCUT2D eigenvalue weighted by atomic mass is 19.4. The molecule has 0 aromatic carbocycles. The fraction of sp³-hybridized carbons (Fsp3) is 1.00. The largest absolute Gasteiger partial charge is 0.492 e. The van der Waals surface area contributed by atoms with Gasteiger partial charge in [-0.05, 0) is 6.44 Å². The van der Waals surface area contributed by atoms with E-state index in [2.05, 4.69) is 0 Å². The molecule has 1 fully saturated rings. The summed E-state index contributed by atoms with van der Waals surface area (Å²) >= 11 is 0. The van der Waals surface area contributed by atoms with Gasteiger partial charge in [-0.15, -0.1) is 0 Å². The van der Waals surface area contributed by atoms with Crippen LogP contribution in [0.2, 0.25) is 0 Å². The number of methoxy groups -OCH3 is 1. The molecule has 78 valence electrons. The Morgan fingerprint density at radius 2 is 2.08 bits per heavy atom. The van der Waals surface area contributed by atoms with Crippen molar-refractivity contribution in [2.75, 3.05) is 26.6 Å². The van der Waals surface area contributed by atoms with E-state index in [4.69, 9.17) is 4.74 Å². The van der Waals surface area contributed by atoms with Crippen molar-refractivity contribution in [2.45, 2.75) is 12.2 Å². The summed E-state index contributed by atoms with van der Waals surface area (Å²) < 4.78 is 40.7. The fourth-order valence-corrected chi connectivity index (χ4v) is 1.51. The second-order valence-electron chi connectivity index (χ2n) is 3.27. The quantitative estimate of drug-likeness (QED) is 0.651. The summed E-state index contributed by atoms with van der Waals surface area (Å²) in [5, 5.41) is 9.23. The Morgan fingerprint density at radius 1 is 1.46 bits per heavy atom. The van der Waals surface area contributed by atoms with E-state index < -0.39 is 25.6 Å². The van der Waals surface area contributed by atoms with Crippen LogP contribution in [0.25, 0.3) is 0 Å². The van der Waals surface area contributed by atoms with E-state index in [1.807, 2.05) is 0 Å². The summed E-state index contributed by atoms with van der Waals surface area (Å²) in [6.45, 7) is -4.61. The third-order valence-corrected chi connectivity index (χ3v) is 2.08. The molecule has 3 nitrogen and oxygen atoms in total. The van der Waals surface area contributed by atoms with Crippen LogP contribution in [0.15, 0.2) is 0 Å². The molecule has 1 N–H and O–H groups in total. The third kappa shape index (κ3) is 3.17. The van der Waals surface area contributed by atoms with Gasteiger partial charge in [0.2, 0.25) is 0 Å². The van der Waals surface area contributed by atoms with Gasteiger partial charge in [-0.25, -0.2) is 0 Å². The Labute approximate surface area is 74.5 Å². The van der Waals surface area contributed by atoms with Gasteiger partial charge < -0.3 is 27.7 Å². The minimum absolute atomic E-state index is 0.0414. The van der Waals surface area contributed by atoms with Gasteiger partial charge in [-0.1, -0.05) is 0 Å². The number of aliphatic hydroxyl groups excluding tert-OH is 1. The lowest BCUT2D eigenvalue weighted by molar-refractivity contribution is 0.0215. The van der Waals surface area contributed by atoms with Crippen molar-refractivity contribution < 1.29 is 22.8 Å². The highest BCUT2D eigenvalue weighted by Gasteiger charge is 2.35. The van der Waals surface area contributed by atoms with Gasteiger partial charge >= 0.3 is 6.98 Å². The molecule has 0 spiro atoms. The first-order chi connectivity index (χ1) is 5.92. The molecule has 0 amide bonds. The molecule has 7 heteroatoms. The van der Waals surface area contributed by atoms with Crippen molar-refractivity contribution in [3.05, 3.63) is 0 Å². The lowest BCUT2D eigenvalue weighted by Crippen LogP contribution is -2.37. The number of hydrogen-bond acceptors (Lipinski definition) is 3. The minimum Gasteiger partial charge on any atom is -0.448 e. The van der Waals surface area contributed by atoms with Crippen LogP contribution in [0.5, 0.6) is 0 Å². The van der Waals surface area contributed by atoms with Gasteiger partial charge in [0, 0.05) is 20.2 Å². The zero-order chi connectivity index (χ0) is 10.1. The molecule has 0 aliphatic carbocycles. The maximum atomic E-state index is 12.0. The number of nitrogens with zero attached hydrogens (tertiary/aromatic N) is 1. The summed E-state index contributed by atoms with van der Waals surface area (Å²) in [6.07, 6.45) is -2.21. The van der Waals surface area contributed by atoms with Crippen LogP contribution < -0.4 is 0 Å². The number of halogens is 3. The average molecular weight is 198 g/mol. The molecular weight excluding hydrogens is 186 g/mol. The topological polar surface area (TPSA) is 32.7 Å². The van der Waals surface area contributed by atoms with Gasteiger partial charge in [-0.3, -0.25) is 0 Å². The summed E-state index contributed by atoms with van der Waals surface area (Å²) in [6, 6.07) is 0. The van der Waals surface area contributed by atoms with Crippen LogP contribution in [-0.4, -0.2) is 55.8 Å². The molecule has 1 saturated heterocycles. The lowest BCUT2D eigenvalue weighted by Gasteiger charge is -2.22. The van der Waals surface area contributed by atoms with E-state index in [1.165, 1.54) is 12.0 Å². The number of aliphatic hydroxyl groups is 1. The molecule has 2 atom stereocenters. The Morgan fingerprint density at radius 3 is 2.46 bits per heavy atom. The Hall–Kier alpha value is -0.265. The maximum Gasteiger partial charge on any atom is 0.492 e. The summed E-state index contributed by atoms with van der Waals surface area (Å²) in [5.74, 6) is 0. The number of ether oxygens (including phenoxy) is 1. The van der Waals surface area contributed by atoms with E-state index >= 15 is 0 Å². The van der Waals surface area contributed by atoms with Gasteiger partial charge in [0.05, 0.1) is 12.2 Å². The van der Waals surface area contributed by atoms with E-state index in [0.717, 1.165) is 0 Å². The molecule has 1 heterocycles. The molecule has 1 aliphatic rings. The number of rotatable bonds is 3. The van der Waals surface area contributed by atoms with E-state index in [0.29, 0.717) is 0 Å². The molecule has 0 bridgehead atoms. The zero-order valence-electron chi connectivity index (χ0n) is 7.29. The zero-order valence-corrected chi connectivity index (χ0v) is 7.29. The molecule has 0 unspecified atom stereocenters. The van der Waals surface area contributed by atoms with Gasteiger partial charge in [0.1, 0.15) is 0 Å². The molecular formula is C6H12BF3NO2-. The summed E-state index contributed by atoms with van der Waals surface area (Å²) in [5.41, 5.74) is 0. The highest BCUT2D eigenvalue weighted by molar-refractivity contribution is 6.58. The van der Waals surface area contributed by atoms with E-state index in [9.17, 15) is 18.1 Å². The highest BCUT2D eigenvalue weighted by Crippen LogP contribution is 2.17. The molecule has 1 aliphatic heterocycles. The Kier molecular flexibility index (Phi) is 3.20. The number of hydrogen-bond donors (Lipinski definition) is 1. The second-order valence-corrected chi connectivity index (χ2v) is 3.27. The lowest BCUT2D eigenvalue weighted by atomic mass is 9.91. The van der Waals surface area contributed by atoms with Crippen LogP contribution >= 0.6 is 0 Å². The second kappa shape index (κ2) is 3.85. The molecule has 13 heavy (non-hydrogen) atoms. The monoisotopic (exact) mass is 198 g/mol. The molecule has 1 rings (SSSR count). The van der Waals surface area contributed by atoms with Crippen molar-refractivity contribution in [2.24, 2.45) is 0 Å². The smallest absolute Gasteiger partial charge is 0.448 e. The Bertz CT molecular complexity index is 178. The van der Waals surface area contributed by atoms with Crippen LogP contribution in [0, 0.1) is 0 Å². The first-order valence-electron chi connectivity index (χ1n) is 4.06. The van der Waals surface area contributed by atoms with E-state index in [1.54, 1.807) is 0 Å². The third-order valence-electron chi connectivity index (χ3n) is 2.08.